The topological polar surface area (TPSA) is 48.3 Å². The van der Waals surface area contributed by atoms with E-state index < -0.39 is 0 Å². The van der Waals surface area contributed by atoms with Crippen LogP contribution in [0.15, 0.2) is 36.5 Å². The van der Waals surface area contributed by atoms with Crippen molar-refractivity contribution in [1.82, 2.24) is 15.1 Å². The van der Waals surface area contributed by atoms with Gasteiger partial charge in [-0.05, 0) is 25.6 Å². The number of methoxy groups -OCH3 is 1. The van der Waals surface area contributed by atoms with Gasteiger partial charge in [0.2, 0.25) is 0 Å². The monoisotopic (exact) mass is 289 g/mol. The second-order valence-electron chi connectivity index (χ2n) is 4.79. The van der Waals surface area contributed by atoms with E-state index in [1.807, 2.05) is 42.1 Å². The summed E-state index contributed by atoms with van der Waals surface area (Å²) in [4.78, 5) is 0. The van der Waals surface area contributed by atoms with Crippen molar-refractivity contribution in [2.45, 2.75) is 25.9 Å². The summed E-state index contributed by atoms with van der Waals surface area (Å²) in [5, 5.41) is 7.68. The van der Waals surface area contributed by atoms with E-state index in [4.69, 9.17) is 9.47 Å². The molecule has 0 saturated heterocycles. The molecule has 1 heterocycles. The summed E-state index contributed by atoms with van der Waals surface area (Å²) in [6, 6.07) is 9.83. The summed E-state index contributed by atoms with van der Waals surface area (Å²) in [6.07, 6.45) is 2.78. The first kappa shape index (κ1) is 15.4. The van der Waals surface area contributed by atoms with Crippen LogP contribution in [0.3, 0.4) is 0 Å². The Morgan fingerprint density at radius 3 is 2.67 bits per heavy atom. The van der Waals surface area contributed by atoms with Crippen LogP contribution in [0.4, 0.5) is 0 Å². The molecule has 0 aliphatic rings. The lowest BCUT2D eigenvalue weighted by molar-refractivity contribution is 0.261. The van der Waals surface area contributed by atoms with Crippen LogP contribution < -0.4 is 14.8 Å². The molecule has 21 heavy (non-hydrogen) atoms. The summed E-state index contributed by atoms with van der Waals surface area (Å²) in [5.74, 6) is 1.65. The van der Waals surface area contributed by atoms with Gasteiger partial charge in [0, 0.05) is 6.54 Å². The van der Waals surface area contributed by atoms with Crippen LogP contribution in [0.2, 0.25) is 0 Å². The van der Waals surface area contributed by atoms with Gasteiger partial charge in [0.1, 0.15) is 18.1 Å². The summed E-state index contributed by atoms with van der Waals surface area (Å²) in [5.41, 5.74) is 1.03. The van der Waals surface area contributed by atoms with Gasteiger partial charge in [0.25, 0.3) is 0 Å². The number of para-hydroxylation sites is 1. The molecule has 114 valence electrons. The van der Waals surface area contributed by atoms with E-state index in [2.05, 4.69) is 17.3 Å². The Morgan fingerprint density at radius 1 is 1.29 bits per heavy atom. The predicted molar refractivity (Wildman–Crippen MR) is 82.8 cm³/mol. The second-order valence-corrected chi connectivity index (χ2v) is 4.79. The van der Waals surface area contributed by atoms with E-state index in [1.165, 1.54) is 0 Å². The third-order valence-electron chi connectivity index (χ3n) is 3.34. The average Bonchev–Trinajstić information content (AvgIpc) is 2.92. The van der Waals surface area contributed by atoms with Gasteiger partial charge in [-0.1, -0.05) is 25.1 Å². The SMILES string of the molecule is CCCn1ncc(OC)c1C(COc1ccccc1)NC. The lowest BCUT2D eigenvalue weighted by Crippen LogP contribution is -2.26. The number of likely N-dealkylation sites (N-methyl/N-ethyl adjacent to an activating group) is 1. The highest BCUT2D eigenvalue weighted by Crippen LogP contribution is 2.26. The normalized spacial score (nSPS) is 12.1. The Labute approximate surface area is 125 Å². The highest BCUT2D eigenvalue weighted by atomic mass is 16.5. The lowest BCUT2D eigenvalue weighted by Gasteiger charge is -2.19. The minimum atomic E-state index is 0.0224. The van der Waals surface area contributed by atoms with Gasteiger partial charge in [-0.3, -0.25) is 4.68 Å². The van der Waals surface area contributed by atoms with Gasteiger partial charge in [-0.2, -0.15) is 5.10 Å². The van der Waals surface area contributed by atoms with Crippen molar-refractivity contribution in [1.29, 1.82) is 0 Å². The third-order valence-corrected chi connectivity index (χ3v) is 3.34. The maximum absolute atomic E-state index is 5.86. The van der Waals surface area contributed by atoms with Gasteiger partial charge in [-0.25, -0.2) is 0 Å². The molecular formula is C16H23N3O2. The molecule has 2 aromatic rings. The molecule has 1 aromatic heterocycles. The first-order valence-electron chi connectivity index (χ1n) is 7.25. The highest BCUT2D eigenvalue weighted by molar-refractivity contribution is 5.29. The smallest absolute Gasteiger partial charge is 0.161 e. The van der Waals surface area contributed by atoms with Crippen molar-refractivity contribution in [3.63, 3.8) is 0 Å². The molecule has 0 bridgehead atoms. The van der Waals surface area contributed by atoms with Crippen LogP contribution in [-0.2, 0) is 6.54 Å². The quantitative estimate of drug-likeness (QED) is 0.811. The summed E-state index contributed by atoms with van der Waals surface area (Å²) < 4.78 is 13.3. The molecule has 0 radical (unpaired) electrons. The molecule has 0 aliphatic carbocycles. The van der Waals surface area contributed by atoms with Gasteiger partial charge >= 0.3 is 0 Å². The maximum atomic E-state index is 5.86. The molecule has 0 amide bonds. The Morgan fingerprint density at radius 2 is 2.05 bits per heavy atom. The molecule has 5 nitrogen and oxygen atoms in total. The number of aromatic nitrogens is 2. The first-order valence-corrected chi connectivity index (χ1v) is 7.25. The Hall–Kier alpha value is -2.01. The zero-order chi connectivity index (χ0) is 15.1. The fourth-order valence-corrected chi connectivity index (χ4v) is 2.27. The Balaban J connectivity index is 2.14. The first-order chi connectivity index (χ1) is 10.3. The van der Waals surface area contributed by atoms with Crippen molar-refractivity contribution in [3.8, 4) is 11.5 Å². The van der Waals surface area contributed by atoms with Crippen molar-refractivity contribution in [2.75, 3.05) is 20.8 Å². The van der Waals surface area contributed by atoms with Crippen molar-refractivity contribution >= 4 is 0 Å². The van der Waals surface area contributed by atoms with Crippen LogP contribution in [0.1, 0.15) is 25.1 Å². The number of benzene rings is 1. The molecule has 5 heteroatoms. The summed E-state index contributed by atoms with van der Waals surface area (Å²) >= 11 is 0. The largest absolute Gasteiger partial charge is 0.493 e. The molecule has 0 spiro atoms. The van der Waals surface area contributed by atoms with Gasteiger partial charge < -0.3 is 14.8 Å². The molecule has 1 unspecified atom stereocenters. The Kier molecular flexibility index (Phi) is 5.63. The molecule has 2 rings (SSSR count). The standard InChI is InChI=1S/C16H23N3O2/c1-4-10-19-16(15(20-3)11-18-19)14(17-2)12-21-13-8-6-5-7-9-13/h5-9,11,14,17H,4,10,12H2,1-3H3. The number of hydrogen-bond donors (Lipinski definition) is 1. The second kappa shape index (κ2) is 7.69. The molecule has 0 fully saturated rings. The number of hydrogen-bond acceptors (Lipinski definition) is 4. The molecule has 1 atom stereocenters. The average molecular weight is 289 g/mol. The predicted octanol–water partition coefficient (Wildman–Crippen LogP) is 2.64. The molecular weight excluding hydrogens is 266 g/mol. The lowest BCUT2D eigenvalue weighted by atomic mass is 10.2. The van der Waals surface area contributed by atoms with E-state index in [0.29, 0.717) is 6.61 Å². The minimum Gasteiger partial charge on any atom is -0.493 e. The van der Waals surface area contributed by atoms with Crippen LogP contribution >= 0.6 is 0 Å². The van der Waals surface area contributed by atoms with E-state index in [1.54, 1.807) is 13.3 Å². The van der Waals surface area contributed by atoms with Crippen LogP contribution in [-0.4, -0.2) is 30.5 Å². The zero-order valence-corrected chi connectivity index (χ0v) is 12.9. The van der Waals surface area contributed by atoms with Gasteiger partial charge in [0.15, 0.2) is 5.75 Å². The number of aryl methyl sites for hydroxylation is 1. The van der Waals surface area contributed by atoms with E-state index in [-0.39, 0.29) is 6.04 Å². The van der Waals surface area contributed by atoms with Crippen molar-refractivity contribution in [3.05, 3.63) is 42.2 Å². The molecule has 0 aliphatic heterocycles. The van der Waals surface area contributed by atoms with E-state index in [0.717, 1.165) is 30.2 Å². The summed E-state index contributed by atoms with van der Waals surface area (Å²) in [7, 11) is 3.59. The van der Waals surface area contributed by atoms with Crippen LogP contribution in [0, 0.1) is 0 Å². The Bertz CT molecular complexity index is 540. The van der Waals surface area contributed by atoms with E-state index in [9.17, 15) is 0 Å². The van der Waals surface area contributed by atoms with E-state index >= 15 is 0 Å². The fourth-order valence-electron chi connectivity index (χ4n) is 2.27. The number of nitrogens with zero attached hydrogens (tertiary/aromatic N) is 2. The van der Waals surface area contributed by atoms with Gasteiger partial charge in [0.05, 0.1) is 19.3 Å². The van der Waals surface area contributed by atoms with Crippen LogP contribution in [0.5, 0.6) is 11.5 Å². The molecule has 1 N–H and O–H groups in total. The fraction of sp³-hybridized carbons (Fsp3) is 0.438. The number of nitrogens with one attached hydrogen (secondary N) is 1. The number of ether oxygens (including phenoxy) is 2. The minimum absolute atomic E-state index is 0.0224. The zero-order valence-electron chi connectivity index (χ0n) is 12.9. The number of rotatable bonds is 8. The van der Waals surface area contributed by atoms with Crippen molar-refractivity contribution < 1.29 is 9.47 Å². The molecule has 0 saturated carbocycles. The van der Waals surface area contributed by atoms with Crippen LogP contribution in [0.25, 0.3) is 0 Å². The summed E-state index contributed by atoms with van der Waals surface area (Å²) in [6.45, 7) is 3.52. The maximum Gasteiger partial charge on any atom is 0.161 e. The highest BCUT2D eigenvalue weighted by Gasteiger charge is 2.21. The van der Waals surface area contributed by atoms with Gasteiger partial charge in [-0.15, -0.1) is 0 Å². The molecule has 1 aromatic carbocycles. The van der Waals surface area contributed by atoms with Crippen molar-refractivity contribution in [2.24, 2.45) is 0 Å². The third kappa shape index (κ3) is 3.76.